The minimum Gasteiger partial charge on any atom is -0.505 e. The van der Waals surface area contributed by atoms with Gasteiger partial charge in [-0.05, 0) is 47.2 Å². The third-order valence-electron chi connectivity index (χ3n) is 7.71. The summed E-state index contributed by atoms with van der Waals surface area (Å²) in [5, 5.41) is 44.7. The van der Waals surface area contributed by atoms with E-state index in [9.17, 15) is 29.8 Å². The fourth-order valence-corrected chi connectivity index (χ4v) is 5.71. The highest BCUT2D eigenvalue weighted by Gasteiger charge is 2.32. The average Bonchev–Trinajstić information content (AvgIpc) is 3.34. The largest absolute Gasteiger partial charge is 0.505 e. The predicted octanol–water partition coefficient (Wildman–Crippen LogP) is 5.58. The van der Waals surface area contributed by atoms with Crippen molar-refractivity contribution in [3.05, 3.63) is 106 Å². The first kappa shape index (κ1) is 30.8. The lowest BCUT2D eigenvalue weighted by Crippen LogP contribution is -2.39. The summed E-state index contributed by atoms with van der Waals surface area (Å²) in [6.45, 7) is 1.62. The Morgan fingerprint density at radius 2 is 1.98 bits per heavy atom. The van der Waals surface area contributed by atoms with Crippen LogP contribution in [0, 0.1) is 23.1 Å². The Morgan fingerprint density at radius 1 is 1.20 bits per heavy atom. The summed E-state index contributed by atoms with van der Waals surface area (Å²) in [6.07, 6.45) is 3.70. The number of benzene rings is 3. The Morgan fingerprint density at radius 3 is 2.73 bits per heavy atom. The van der Waals surface area contributed by atoms with Crippen LogP contribution in [-0.4, -0.2) is 38.9 Å². The molecule has 3 atom stereocenters. The number of fused-ring (bicyclic) bond motifs is 1. The Labute approximate surface area is 258 Å². The monoisotopic (exact) mass is 616 g/mol. The number of anilines is 1. The van der Waals surface area contributed by atoms with Crippen molar-refractivity contribution in [3.8, 4) is 28.7 Å². The quantitative estimate of drug-likeness (QED) is 0.146. The number of aliphatic hydroxyl groups excluding tert-OH is 1. The number of pyridine rings is 1. The van der Waals surface area contributed by atoms with Gasteiger partial charge in [0.25, 0.3) is 0 Å². The molecule has 5 rings (SSSR count). The molecule has 9 nitrogen and oxygen atoms in total. The normalized spacial score (nSPS) is 16.2. The number of aromatic hydroxyl groups is 1. The maximum absolute atomic E-state index is 14.9. The first-order valence-corrected chi connectivity index (χ1v) is 14.3. The smallest absolute Gasteiger partial charge is 0.323 e. The maximum atomic E-state index is 14.9. The van der Waals surface area contributed by atoms with E-state index in [0.29, 0.717) is 50.7 Å². The molecule has 4 aromatic rings. The van der Waals surface area contributed by atoms with E-state index in [1.807, 2.05) is 24.3 Å². The molecule has 0 fully saturated rings. The molecule has 226 valence electrons. The second-order valence-electron chi connectivity index (χ2n) is 10.7. The van der Waals surface area contributed by atoms with E-state index < -0.39 is 30.2 Å². The summed E-state index contributed by atoms with van der Waals surface area (Å²) >= 11 is 6.75. The number of phenolic OH excluding ortho intramolecular Hbond substituents is 1. The van der Waals surface area contributed by atoms with Gasteiger partial charge in [0, 0.05) is 41.7 Å². The number of carboxylic acids is 1. The molecule has 1 heterocycles. The van der Waals surface area contributed by atoms with E-state index in [-0.39, 0.29) is 25.1 Å². The highest BCUT2D eigenvalue weighted by molar-refractivity contribution is 6.33. The van der Waals surface area contributed by atoms with Gasteiger partial charge in [0.05, 0.1) is 28.9 Å². The van der Waals surface area contributed by atoms with Crippen molar-refractivity contribution in [3.63, 3.8) is 0 Å². The van der Waals surface area contributed by atoms with Crippen LogP contribution < -0.4 is 15.4 Å². The molecule has 44 heavy (non-hydrogen) atoms. The second-order valence-corrected chi connectivity index (χ2v) is 11.1. The van der Waals surface area contributed by atoms with Crippen molar-refractivity contribution in [1.29, 1.82) is 5.26 Å². The molecule has 1 aromatic heterocycles. The van der Waals surface area contributed by atoms with Gasteiger partial charge in [0.2, 0.25) is 0 Å². The maximum Gasteiger partial charge on any atom is 0.323 e. The molecule has 0 radical (unpaired) electrons. The van der Waals surface area contributed by atoms with Crippen LogP contribution in [0.4, 0.5) is 10.1 Å². The van der Waals surface area contributed by atoms with Gasteiger partial charge in [-0.3, -0.25) is 15.1 Å². The van der Waals surface area contributed by atoms with Crippen molar-refractivity contribution >= 4 is 23.3 Å². The molecule has 0 saturated carbocycles. The summed E-state index contributed by atoms with van der Waals surface area (Å²) in [5.41, 5.74) is 5.19. The lowest BCUT2D eigenvalue weighted by molar-refractivity contribution is -0.140. The Bertz CT molecular complexity index is 1740. The average molecular weight is 617 g/mol. The van der Waals surface area contributed by atoms with Crippen LogP contribution in [0.3, 0.4) is 0 Å². The lowest BCUT2D eigenvalue weighted by Gasteiger charge is -2.23. The van der Waals surface area contributed by atoms with E-state index >= 15 is 0 Å². The third kappa shape index (κ3) is 6.45. The number of halogens is 2. The molecule has 5 N–H and O–H groups in total. The number of nitrogens with zero attached hydrogens (tertiary/aromatic N) is 2. The predicted molar refractivity (Wildman–Crippen MR) is 163 cm³/mol. The molecule has 1 aliphatic rings. The fourth-order valence-electron chi connectivity index (χ4n) is 5.47. The summed E-state index contributed by atoms with van der Waals surface area (Å²) in [6, 6.07) is 16.0. The lowest BCUT2D eigenvalue weighted by atomic mass is 9.95. The zero-order chi connectivity index (χ0) is 31.4. The minimum atomic E-state index is -1.20. The van der Waals surface area contributed by atoms with Crippen molar-refractivity contribution in [1.82, 2.24) is 10.3 Å². The molecule has 1 aliphatic carbocycles. The molecule has 3 unspecified atom stereocenters. The summed E-state index contributed by atoms with van der Waals surface area (Å²) in [4.78, 5) is 15.5. The number of hydrogen-bond acceptors (Lipinski definition) is 8. The highest BCUT2D eigenvalue weighted by atomic mass is 35.5. The van der Waals surface area contributed by atoms with Crippen LogP contribution in [0.2, 0.25) is 5.02 Å². The van der Waals surface area contributed by atoms with Gasteiger partial charge < -0.3 is 25.4 Å². The van der Waals surface area contributed by atoms with Crippen LogP contribution >= 0.6 is 11.6 Å². The van der Waals surface area contributed by atoms with Gasteiger partial charge in [0.15, 0.2) is 11.6 Å². The van der Waals surface area contributed by atoms with Gasteiger partial charge in [-0.25, -0.2) is 4.39 Å². The summed E-state index contributed by atoms with van der Waals surface area (Å²) in [5.74, 6) is -1.75. The molecular weight excluding hydrogens is 587 g/mol. The van der Waals surface area contributed by atoms with Crippen molar-refractivity contribution < 1.29 is 29.2 Å². The van der Waals surface area contributed by atoms with Crippen LogP contribution in [-0.2, 0) is 24.4 Å². The molecule has 0 spiro atoms. The number of aliphatic carboxylic acids is 1. The Hall–Kier alpha value is -4.69. The Kier molecular flexibility index (Phi) is 9.30. The summed E-state index contributed by atoms with van der Waals surface area (Å²) < 4.78 is 21.0. The second kappa shape index (κ2) is 13.3. The zero-order valence-corrected chi connectivity index (χ0v) is 24.5. The number of aromatic nitrogens is 1. The van der Waals surface area contributed by atoms with Gasteiger partial charge in [0.1, 0.15) is 24.5 Å². The number of ether oxygens (including phenoxy) is 1. The molecule has 0 bridgehead atoms. The van der Waals surface area contributed by atoms with Gasteiger partial charge in [-0.1, -0.05) is 48.9 Å². The standard InChI is InChI=1S/C33H30ClFN4O5/c1-18-8-25-22(23-5-3-7-29(41)31(23)35)4-2-6-24(25)32(18)39-27-11-30(44-17-20-9-19(12-36)13-37-14-20)21(10-26(27)34)15-38-28(16-40)33(42)43/h2-7,9-11,13-14,18,28,32,38-41H,8,15-17H2,1H3,(H,42,43). The van der Waals surface area contributed by atoms with E-state index in [0.717, 1.165) is 11.1 Å². The molecule has 0 saturated heterocycles. The molecule has 3 aromatic carbocycles. The number of rotatable bonds is 11. The van der Waals surface area contributed by atoms with Crippen LogP contribution in [0.25, 0.3) is 11.1 Å². The summed E-state index contributed by atoms with van der Waals surface area (Å²) in [7, 11) is 0. The number of nitrogens with one attached hydrogen (secondary N) is 2. The van der Waals surface area contributed by atoms with Crippen LogP contribution in [0.15, 0.2) is 67.0 Å². The van der Waals surface area contributed by atoms with Crippen LogP contribution in [0.1, 0.15) is 40.8 Å². The van der Waals surface area contributed by atoms with Gasteiger partial charge in [-0.2, -0.15) is 5.26 Å². The van der Waals surface area contributed by atoms with Crippen molar-refractivity contribution in [2.75, 3.05) is 11.9 Å². The SMILES string of the molecule is CC1Cc2c(-c3cccc(O)c3F)cccc2C1Nc1cc(OCc2cncc(C#N)c2)c(CNC(CO)C(=O)O)cc1Cl. The fraction of sp³-hybridized carbons (Fsp3) is 0.242. The number of carboxylic acid groups (broad SMARTS) is 1. The van der Waals surface area contributed by atoms with Gasteiger partial charge >= 0.3 is 5.97 Å². The number of hydrogen-bond donors (Lipinski definition) is 5. The van der Waals surface area contributed by atoms with Crippen molar-refractivity contribution in [2.24, 2.45) is 5.92 Å². The molecule has 0 aliphatic heterocycles. The van der Waals surface area contributed by atoms with Crippen molar-refractivity contribution in [2.45, 2.75) is 38.6 Å². The minimum absolute atomic E-state index is 0.0465. The van der Waals surface area contributed by atoms with E-state index in [1.54, 1.807) is 36.5 Å². The topological polar surface area (TPSA) is 148 Å². The molecule has 11 heteroatoms. The molecular formula is C33H30ClFN4O5. The first-order chi connectivity index (χ1) is 21.2. The highest BCUT2D eigenvalue weighted by Crippen LogP contribution is 2.45. The number of aliphatic hydroxyl groups is 1. The van der Waals surface area contributed by atoms with E-state index in [4.69, 9.17) is 16.3 Å². The number of phenols is 1. The third-order valence-corrected chi connectivity index (χ3v) is 8.02. The van der Waals surface area contributed by atoms with Crippen LogP contribution in [0.5, 0.6) is 11.5 Å². The number of nitriles is 1. The zero-order valence-electron chi connectivity index (χ0n) is 23.7. The van der Waals surface area contributed by atoms with E-state index in [2.05, 4.69) is 22.5 Å². The first-order valence-electron chi connectivity index (χ1n) is 13.9. The number of carbonyl (C=O) groups is 1. The molecule has 0 amide bonds. The Balaban J connectivity index is 1.47. The van der Waals surface area contributed by atoms with E-state index in [1.165, 1.54) is 12.3 Å². The van der Waals surface area contributed by atoms with Gasteiger partial charge in [-0.15, -0.1) is 0 Å².